The average molecular weight is 719 g/mol. The number of aliphatic hydroxyl groups excluding tert-OH is 1. The number of nitrogens with two attached hydrogens (primary N) is 1. The Morgan fingerprint density at radius 3 is 2.60 bits per heavy atom. The molecule has 284 valence electrons. The number of ether oxygens (including phenoxy) is 1. The molecule has 13 heteroatoms. The summed E-state index contributed by atoms with van der Waals surface area (Å²) in [5.41, 5.74) is 6.02. The Morgan fingerprint density at radius 2 is 1.88 bits per heavy atom. The number of carbonyl (C=O) groups excluding carboxylic acids is 3. The topological polar surface area (TPSA) is 160 Å². The molecule has 2 aliphatic heterocycles. The Labute approximate surface area is 307 Å². The van der Waals surface area contributed by atoms with Crippen molar-refractivity contribution in [1.82, 2.24) is 29.3 Å². The first-order valence-electron chi connectivity index (χ1n) is 19.4. The zero-order valence-corrected chi connectivity index (χ0v) is 31.7. The van der Waals surface area contributed by atoms with Crippen LogP contribution in [0.25, 0.3) is 11.2 Å². The lowest BCUT2D eigenvalue weighted by atomic mass is 9.44. The van der Waals surface area contributed by atoms with Crippen molar-refractivity contribution in [1.29, 1.82) is 0 Å². The monoisotopic (exact) mass is 718 g/mol. The van der Waals surface area contributed by atoms with Crippen molar-refractivity contribution in [3.8, 4) is 0 Å². The van der Waals surface area contributed by atoms with E-state index in [4.69, 9.17) is 10.5 Å². The van der Waals surface area contributed by atoms with Crippen molar-refractivity contribution >= 4 is 34.6 Å². The second kappa shape index (κ2) is 13.8. The van der Waals surface area contributed by atoms with Gasteiger partial charge in [-0.3, -0.25) is 19.3 Å². The Balaban J connectivity index is 0.989. The van der Waals surface area contributed by atoms with E-state index in [-0.39, 0.29) is 59.5 Å². The number of piperazine rings is 1. The van der Waals surface area contributed by atoms with Crippen LogP contribution < -0.4 is 10.6 Å². The summed E-state index contributed by atoms with van der Waals surface area (Å²) in [5, 5.41) is 11.8. The minimum Gasteiger partial charge on any atom is -0.461 e. The minimum absolute atomic E-state index is 0.0475. The number of imidazole rings is 1. The Bertz CT molecular complexity index is 1720. The molecule has 0 spiro atoms. The molecule has 0 aromatic carbocycles. The molecule has 4 heterocycles. The zero-order valence-electron chi connectivity index (χ0n) is 31.7. The molecule has 2 saturated heterocycles. The fourth-order valence-corrected chi connectivity index (χ4v) is 11.0. The SMILES string of the molecule is C=C[C@]1(C)C[C@@H](OC(=O)CN2CCN(C(=O)CCn3cnc4c(N5CC[C@@H](N)C5)ncnc43)[C@@H](C)C2)[C@]2(C)[C@H](C)CC[C@]3(CCC(=O)[C@@H]32)[C@@H](C)[C@@H]1O. The van der Waals surface area contributed by atoms with Gasteiger partial charge < -0.3 is 29.9 Å². The molecule has 7 rings (SSSR count). The standard InChI is InChI=1S/C39H58N8O5/c1-7-37(5)18-29(38(6)24(2)8-12-39(26(4)34(37)51)13-9-28(48)33(38)39)52-31(50)21-44-16-17-47(25(3)19-44)30(49)11-15-46-23-43-32-35(41-22-42-36(32)46)45-14-10-27(40)20-45/h7,22-27,29,33-34,51H,1,8-21,40H2,2-6H3/t24-,25+,26+,27-,29-,33-,34+,37-,38+,39+/m1/s1. The number of aryl methyl sites for hydroxylation is 1. The van der Waals surface area contributed by atoms with Gasteiger partial charge in [-0.2, -0.15) is 0 Å². The van der Waals surface area contributed by atoms with Gasteiger partial charge in [0.25, 0.3) is 0 Å². The van der Waals surface area contributed by atoms with Crippen LogP contribution in [-0.2, 0) is 25.7 Å². The molecule has 3 N–H and O–H groups in total. The van der Waals surface area contributed by atoms with Crippen LogP contribution in [0.15, 0.2) is 25.3 Å². The van der Waals surface area contributed by atoms with Crippen molar-refractivity contribution in [3.63, 3.8) is 0 Å². The number of rotatable bonds is 8. The van der Waals surface area contributed by atoms with Gasteiger partial charge in [0, 0.05) is 80.9 Å². The second-order valence-electron chi connectivity index (χ2n) is 17.3. The first-order chi connectivity index (χ1) is 24.7. The highest BCUT2D eigenvalue weighted by Crippen LogP contribution is 2.68. The van der Waals surface area contributed by atoms with Gasteiger partial charge in [0.1, 0.15) is 18.2 Å². The van der Waals surface area contributed by atoms with Gasteiger partial charge >= 0.3 is 5.97 Å². The predicted octanol–water partition coefficient (Wildman–Crippen LogP) is 3.19. The predicted molar refractivity (Wildman–Crippen MR) is 197 cm³/mol. The van der Waals surface area contributed by atoms with Gasteiger partial charge in [0.05, 0.1) is 19.0 Å². The van der Waals surface area contributed by atoms with E-state index in [9.17, 15) is 19.5 Å². The molecule has 3 aliphatic carbocycles. The van der Waals surface area contributed by atoms with Crippen LogP contribution in [-0.4, -0.2) is 116 Å². The molecule has 2 aromatic heterocycles. The number of esters is 1. The van der Waals surface area contributed by atoms with Gasteiger partial charge in [0.15, 0.2) is 17.0 Å². The molecule has 0 unspecified atom stereocenters. The molecule has 2 aromatic rings. The fraction of sp³-hybridized carbons (Fsp3) is 0.744. The first kappa shape index (κ1) is 36.9. The van der Waals surface area contributed by atoms with E-state index in [1.165, 1.54) is 0 Å². The van der Waals surface area contributed by atoms with E-state index in [0.29, 0.717) is 51.1 Å². The number of amides is 1. The van der Waals surface area contributed by atoms with Crippen molar-refractivity contribution in [2.45, 2.75) is 110 Å². The summed E-state index contributed by atoms with van der Waals surface area (Å²) in [6, 6.07) is 0.0339. The highest BCUT2D eigenvalue weighted by Gasteiger charge is 2.68. The molecular formula is C39H58N8O5. The molecular weight excluding hydrogens is 660 g/mol. The summed E-state index contributed by atoms with van der Waals surface area (Å²) in [5.74, 6) is 0.598. The Kier molecular flexibility index (Phi) is 9.78. The van der Waals surface area contributed by atoms with Crippen LogP contribution in [0.5, 0.6) is 0 Å². The van der Waals surface area contributed by atoms with E-state index >= 15 is 0 Å². The highest BCUT2D eigenvalue weighted by atomic mass is 16.5. The summed E-state index contributed by atoms with van der Waals surface area (Å²) in [6.07, 6.45) is 8.61. The van der Waals surface area contributed by atoms with Gasteiger partial charge in [0.2, 0.25) is 5.91 Å². The minimum atomic E-state index is -0.698. The number of hydrogen-bond donors (Lipinski definition) is 2. The van der Waals surface area contributed by atoms with Gasteiger partial charge in [-0.05, 0) is 56.3 Å². The molecule has 13 nitrogen and oxygen atoms in total. The van der Waals surface area contributed by atoms with E-state index in [1.807, 2.05) is 29.4 Å². The number of aromatic nitrogens is 4. The zero-order chi connectivity index (χ0) is 37.2. The number of carbonyl (C=O) groups is 3. The highest BCUT2D eigenvalue weighted by molar-refractivity contribution is 5.86. The van der Waals surface area contributed by atoms with Crippen molar-refractivity contribution < 1.29 is 24.2 Å². The third-order valence-corrected chi connectivity index (χ3v) is 14.4. The molecule has 2 bridgehead atoms. The van der Waals surface area contributed by atoms with Gasteiger partial charge in [-0.1, -0.05) is 33.8 Å². The normalized spacial score (nSPS) is 38.2. The summed E-state index contributed by atoms with van der Waals surface area (Å²) in [7, 11) is 0. The third kappa shape index (κ3) is 6.04. The molecule has 10 atom stereocenters. The number of ketones is 1. The maximum Gasteiger partial charge on any atom is 0.320 e. The molecule has 1 amide bonds. The Hall–Kier alpha value is -3.42. The van der Waals surface area contributed by atoms with Crippen LogP contribution in [0.3, 0.4) is 0 Å². The third-order valence-electron chi connectivity index (χ3n) is 14.4. The number of aliphatic hydroxyl groups is 1. The van der Waals surface area contributed by atoms with E-state index in [2.05, 4.69) is 52.1 Å². The summed E-state index contributed by atoms with van der Waals surface area (Å²) in [4.78, 5) is 60.7. The van der Waals surface area contributed by atoms with Crippen molar-refractivity contribution in [2.24, 2.45) is 39.7 Å². The quantitative estimate of drug-likeness (QED) is 0.305. The number of fused-ring (bicyclic) bond motifs is 1. The number of Topliss-reactive ketones (excluding diaryl/α,β-unsaturated/α-hetero) is 1. The molecule has 5 fully saturated rings. The maximum absolute atomic E-state index is 13.8. The smallest absolute Gasteiger partial charge is 0.320 e. The van der Waals surface area contributed by atoms with Gasteiger partial charge in [-0.25, -0.2) is 15.0 Å². The van der Waals surface area contributed by atoms with Crippen LogP contribution in [0, 0.1) is 34.0 Å². The number of nitrogens with zero attached hydrogens (tertiary/aromatic N) is 7. The first-order valence-corrected chi connectivity index (χ1v) is 19.4. The lowest BCUT2D eigenvalue weighted by molar-refractivity contribution is -0.207. The van der Waals surface area contributed by atoms with Gasteiger partial charge in [-0.15, -0.1) is 6.58 Å². The molecule has 3 saturated carbocycles. The fourth-order valence-electron chi connectivity index (χ4n) is 11.0. The lowest BCUT2D eigenvalue weighted by Gasteiger charge is -2.61. The maximum atomic E-state index is 13.8. The van der Waals surface area contributed by atoms with Crippen LogP contribution in [0.1, 0.15) is 79.6 Å². The van der Waals surface area contributed by atoms with Crippen molar-refractivity contribution in [3.05, 3.63) is 25.3 Å². The largest absolute Gasteiger partial charge is 0.461 e. The van der Waals surface area contributed by atoms with Crippen molar-refractivity contribution in [2.75, 3.05) is 44.2 Å². The van der Waals surface area contributed by atoms with Crippen LogP contribution in [0.2, 0.25) is 0 Å². The summed E-state index contributed by atoms with van der Waals surface area (Å²) in [6.45, 7) is 18.4. The lowest BCUT2D eigenvalue weighted by Crippen LogP contribution is -2.63. The molecule has 0 radical (unpaired) electrons. The number of hydrogen-bond acceptors (Lipinski definition) is 11. The Morgan fingerprint density at radius 1 is 1.10 bits per heavy atom. The second-order valence-corrected chi connectivity index (χ2v) is 17.3. The average Bonchev–Trinajstić information content (AvgIpc) is 3.84. The summed E-state index contributed by atoms with van der Waals surface area (Å²) < 4.78 is 8.40. The van der Waals surface area contributed by atoms with E-state index < -0.39 is 23.0 Å². The summed E-state index contributed by atoms with van der Waals surface area (Å²) >= 11 is 0. The van der Waals surface area contributed by atoms with E-state index in [0.717, 1.165) is 50.1 Å². The molecule has 52 heavy (non-hydrogen) atoms. The number of anilines is 1. The van der Waals surface area contributed by atoms with Crippen LogP contribution >= 0.6 is 0 Å². The van der Waals surface area contributed by atoms with Crippen LogP contribution in [0.4, 0.5) is 5.82 Å². The van der Waals surface area contributed by atoms with E-state index in [1.54, 1.807) is 12.7 Å². The molecule has 5 aliphatic rings.